The Bertz CT molecular complexity index is 820. The number of carbonyl (C=O) groups excluding carboxylic acids is 2. The third-order valence-electron chi connectivity index (χ3n) is 3.82. The van der Waals surface area contributed by atoms with Gasteiger partial charge >= 0.3 is 0 Å². The van der Waals surface area contributed by atoms with Gasteiger partial charge in [0.15, 0.2) is 11.6 Å². The minimum absolute atomic E-state index is 0.00389. The number of ether oxygens (including phenoxy) is 2. The second kappa shape index (κ2) is 4.87. The molecular weight excluding hydrogens is 284 g/mol. The highest BCUT2D eigenvalue weighted by atomic mass is 16.5. The maximum Gasteiger partial charge on any atom is 0.198 e. The predicted octanol–water partition coefficient (Wildman–Crippen LogP) is 2.49. The number of benzene rings is 2. The molecular formula is C17H14O5. The van der Waals surface area contributed by atoms with Crippen LogP contribution in [0.3, 0.4) is 0 Å². The average Bonchev–Trinajstić information content (AvgIpc) is 2.51. The number of aromatic hydroxyl groups is 1. The molecule has 0 aromatic heterocycles. The predicted molar refractivity (Wildman–Crippen MR) is 79.3 cm³/mol. The van der Waals surface area contributed by atoms with E-state index in [0.29, 0.717) is 17.1 Å². The van der Waals surface area contributed by atoms with E-state index in [1.165, 1.54) is 32.4 Å². The summed E-state index contributed by atoms with van der Waals surface area (Å²) in [6.45, 7) is 1.80. The summed E-state index contributed by atoms with van der Waals surface area (Å²) in [7, 11) is 2.93. The zero-order valence-corrected chi connectivity index (χ0v) is 12.4. The molecule has 5 heteroatoms. The molecule has 0 heterocycles. The molecule has 0 radical (unpaired) electrons. The quantitative estimate of drug-likeness (QED) is 0.787. The third-order valence-corrected chi connectivity index (χ3v) is 3.82. The maximum atomic E-state index is 12.7. The molecule has 0 bridgehead atoms. The molecule has 22 heavy (non-hydrogen) atoms. The van der Waals surface area contributed by atoms with Crippen LogP contribution in [0.4, 0.5) is 0 Å². The molecule has 3 rings (SSSR count). The molecule has 5 nitrogen and oxygen atoms in total. The second-order valence-electron chi connectivity index (χ2n) is 5.09. The molecule has 0 saturated carbocycles. The number of rotatable bonds is 2. The lowest BCUT2D eigenvalue weighted by atomic mass is 9.82. The molecule has 0 saturated heterocycles. The van der Waals surface area contributed by atoms with E-state index in [9.17, 15) is 14.7 Å². The first kappa shape index (κ1) is 14.1. The van der Waals surface area contributed by atoms with E-state index >= 15 is 0 Å². The monoisotopic (exact) mass is 298 g/mol. The minimum Gasteiger partial charge on any atom is -0.507 e. The number of methoxy groups -OCH3 is 2. The fourth-order valence-electron chi connectivity index (χ4n) is 2.70. The Morgan fingerprint density at radius 3 is 2.18 bits per heavy atom. The lowest BCUT2D eigenvalue weighted by Gasteiger charge is -2.20. The first-order valence-corrected chi connectivity index (χ1v) is 6.67. The van der Waals surface area contributed by atoms with Crippen molar-refractivity contribution in [3.8, 4) is 17.2 Å². The van der Waals surface area contributed by atoms with Crippen LogP contribution in [0, 0.1) is 6.92 Å². The smallest absolute Gasteiger partial charge is 0.198 e. The van der Waals surface area contributed by atoms with Crippen molar-refractivity contribution in [2.24, 2.45) is 0 Å². The van der Waals surface area contributed by atoms with Crippen LogP contribution in [-0.4, -0.2) is 30.9 Å². The zero-order valence-electron chi connectivity index (χ0n) is 12.4. The van der Waals surface area contributed by atoms with E-state index in [1.54, 1.807) is 13.0 Å². The van der Waals surface area contributed by atoms with Crippen molar-refractivity contribution in [2.45, 2.75) is 6.92 Å². The fraction of sp³-hybridized carbons (Fsp3) is 0.176. The Morgan fingerprint density at radius 2 is 1.55 bits per heavy atom. The van der Waals surface area contributed by atoms with Gasteiger partial charge in [0.2, 0.25) is 0 Å². The van der Waals surface area contributed by atoms with Crippen molar-refractivity contribution in [2.75, 3.05) is 14.2 Å². The number of hydrogen-bond acceptors (Lipinski definition) is 5. The van der Waals surface area contributed by atoms with Gasteiger partial charge in [-0.3, -0.25) is 9.59 Å². The number of aryl methyl sites for hydroxylation is 1. The Labute approximate surface area is 127 Å². The molecule has 2 aromatic rings. The van der Waals surface area contributed by atoms with Crippen molar-refractivity contribution >= 4 is 11.6 Å². The summed E-state index contributed by atoms with van der Waals surface area (Å²) in [6.07, 6.45) is 0. The van der Waals surface area contributed by atoms with E-state index in [2.05, 4.69) is 0 Å². The van der Waals surface area contributed by atoms with E-state index in [-0.39, 0.29) is 28.2 Å². The van der Waals surface area contributed by atoms with Crippen LogP contribution in [-0.2, 0) is 0 Å². The fourth-order valence-corrected chi connectivity index (χ4v) is 2.70. The zero-order chi connectivity index (χ0) is 16.0. The number of phenolic OH excluding ortho intramolecular Hbond substituents is 1. The molecule has 1 aliphatic rings. The summed E-state index contributed by atoms with van der Waals surface area (Å²) in [6, 6.07) is 5.96. The van der Waals surface area contributed by atoms with Gasteiger partial charge in [-0.15, -0.1) is 0 Å². The van der Waals surface area contributed by atoms with Crippen LogP contribution >= 0.6 is 0 Å². The van der Waals surface area contributed by atoms with Gasteiger partial charge < -0.3 is 14.6 Å². The Hall–Kier alpha value is -2.82. The van der Waals surface area contributed by atoms with Crippen molar-refractivity contribution in [1.29, 1.82) is 0 Å². The molecule has 0 spiro atoms. The van der Waals surface area contributed by atoms with Crippen LogP contribution in [0.15, 0.2) is 24.3 Å². The first-order chi connectivity index (χ1) is 10.5. The molecule has 0 fully saturated rings. The SMILES string of the molecule is COc1cc(O)c2c(c1)C(=O)c1cc(C)c(OC)cc1C2=O. The molecule has 1 N–H and O–H groups in total. The Balaban J connectivity index is 2.30. The maximum absolute atomic E-state index is 12.7. The van der Waals surface area contributed by atoms with Crippen molar-refractivity contribution < 1.29 is 24.2 Å². The van der Waals surface area contributed by atoms with Crippen LogP contribution < -0.4 is 9.47 Å². The van der Waals surface area contributed by atoms with Gasteiger partial charge in [0.1, 0.15) is 17.2 Å². The van der Waals surface area contributed by atoms with Crippen molar-refractivity contribution in [3.05, 3.63) is 52.1 Å². The lowest BCUT2D eigenvalue weighted by Crippen LogP contribution is -2.21. The highest BCUT2D eigenvalue weighted by Crippen LogP contribution is 2.37. The summed E-state index contributed by atoms with van der Waals surface area (Å²) in [5, 5.41) is 10.1. The van der Waals surface area contributed by atoms with Gasteiger partial charge in [-0.2, -0.15) is 0 Å². The number of hydrogen-bond donors (Lipinski definition) is 1. The van der Waals surface area contributed by atoms with Crippen molar-refractivity contribution in [3.63, 3.8) is 0 Å². The Kier molecular flexibility index (Phi) is 3.13. The number of fused-ring (bicyclic) bond motifs is 2. The third kappa shape index (κ3) is 1.86. The summed E-state index contributed by atoms with van der Waals surface area (Å²) >= 11 is 0. The van der Waals surface area contributed by atoms with Gasteiger partial charge in [-0.25, -0.2) is 0 Å². The van der Waals surface area contributed by atoms with Gasteiger partial charge in [-0.1, -0.05) is 0 Å². The summed E-state index contributed by atoms with van der Waals surface area (Å²) in [5.74, 6) is -0.132. The molecule has 0 unspecified atom stereocenters. The second-order valence-corrected chi connectivity index (χ2v) is 5.09. The van der Waals surface area contributed by atoms with E-state index in [0.717, 1.165) is 5.56 Å². The molecule has 0 atom stereocenters. The normalized spacial score (nSPS) is 12.7. The van der Waals surface area contributed by atoms with Gasteiger partial charge in [0, 0.05) is 22.8 Å². The summed E-state index contributed by atoms with van der Waals surface area (Å²) < 4.78 is 10.3. The standard InChI is InChI=1S/C17H14O5/c1-8-4-10-11(7-14(8)22-3)17(20)15-12(16(10)19)5-9(21-2)6-13(15)18/h4-7,18H,1-3H3. The number of ketones is 2. The minimum atomic E-state index is -0.400. The average molecular weight is 298 g/mol. The first-order valence-electron chi connectivity index (χ1n) is 6.67. The molecule has 2 aromatic carbocycles. The van der Waals surface area contributed by atoms with Crippen LogP contribution in [0.1, 0.15) is 37.4 Å². The van der Waals surface area contributed by atoms with Crippen LogP contribution in [0.25, 0.3) is 0 Å². The molecule has 112 valence electrons. The largest absolute Gasteiger partial charge is 0.507 e. The van der Waals surface area contributed by atoms with Gasteiger partial charge in [0.05, 0.1) is 19.8 Å². The molecule has 0 amide bonds. The van der Waals surface area contributed by atoms with E-state index < -0.39 is 5.78 Å². The van der Waals surface area contributed by atoms with Gasteiger partial charge in [-0.05, 0) is 30.7 Å². The lowest BCUT2D eigenvalue weighted by molar-refractivity contribution is 0.0976. The van der Waals surface area contributed by atoms with E-state index in [1.807, 2.05) is 0 Å². The van der Waals surface area contributed by atoms with Crippen LogP contribution in [0.5, 0.6) is 17.2 Å². The number of carbonyl (C=O) groups is 2. The van der Waals surface area contributed by atoms with Crippen LogP contribution in [0.2, 0.25) is 0 Å². The van der Waals surface area contributed by atoms with Crippen molar-refractivity contribution in [1.82, 2.24) is 0 Å². The molecule has 1 aliphatic carbocycles. The Morgan fingerprint density at radius 1 is 0.864 bits per heavy atom. The topological polar surface area (TPSA) is 72.8 Å². The van der Waals surface area contributed by atoms with E-state index in [4.69, 9.17) is 9.47 Å². The molecule has 0 aliphatic heterocycles. The van der Waals surface area contributed by atoms with Gasteiger partial charge in [0.25, 0.3) is 0 Å². The number of phenols is 1. The summed E-state index contributed by atoms with van der Waals surface area (Å²) in [5.41, 5.74) is 1.46. The summed E-state index contributed by atoms with van der Waals surface area (Å²) in [4.78, 5) is 25.3. The highest BCUT2D eigenvalue weighted by Gasteiger charge is 2.33. The highest BCUT2D eigenvalue weighted by molar-refractivity contribution is 6.29.